The van der Waals surface area contributed by atoms with Gasteiger partial charge in [0.25, 0.3) is 0 Å². The van der Waals surface area contributed by atoms with Crippen LogP contribution in [0.15, 0.2) is 28.7 Å². The fraction of sp³-hybridized carbons (Fsp3) is 0.250. The standard InChI is InChI=1S/C12H13NO3/c1-8-3-5-10(13(8)7-12(14)15)11-6-4-9(2)16-11/h3-6H,7H2,1-2H3,(H,14,15). The highest BCUT2D eigenvalue weighted by atomic mass is 16.4. The van der Waals surface area contributed by atoms with Crippen LogP contribution in [0.25, 0.3) is 11.5 Å². The van der Waals surface area contributed by atoms with E-state index in [2.05, 4.69) is 0 Å². The Morgan fingerprint density at radius 1 is 1.31 bits per heavy atom. The summed E-state index contributed by atoms with van der Waals surface area (Å²) in [6.07, 6.45) is 0. The highest BCUT2D eigenvalue weighted by Crippen LogP contribution is 2.24. The minimum atomic E-state index is -0.858. The molecule has 2 aromatic heterocycles. The van der Waals surface area contributed by atoms with E-state index in [0.717, 1.165) is 17.1 Å². The molecule has 0 amide bonds. The van der Waals surface area contributed by atoms with Gasteiger partial charge < -0.3 is 14.1 Å². The van der Waals surface area contributed by atoms with Crippen molar-refractivity contribution in [3.05, 3.63) is 35.7 Å². The van der Waals surface area contributed by atoms with Gasteiger partial charge in [-0.15, -0.1) is 0 Å². The molecule has 0 saturated carbocycles. The molecule has 0 radical (unpaired) electrons. The quantitative estimate of drug-likeness (QED) is 0.862. The van der Waals surface area contributed by atoms with Gasteiger partial charge in [0, 0.05) is 5.69 Å². The Morgan fingerprint density at radius 2 is 2.06 bits per heavy atom. The minimum absolute atomic E-state index is 0.0477. The van der Waals surface area contributed by atoms with Crippen LogP contribution in [0.5, 0.6) is 0 Å². The third-order valence-corrected chi connectivity index (χ3v) is 2.49. The molecule has 0 aliphatic heterocycles. The normalized spacial score (nSPS) is 10.6. The fourth-order valence-corrected chi connectivity index (χ4v) is 1.70. The largest absolute Gasteiger partial charge is 0.480 e. The van der Waals surface area contributed by atoms with Gasteiger partial charge in [0.1, 0.15) is 12.3 Å². The Balaban J connectivity index is 2.45. The molecule has 0 saturated heterocycles. The van der Waals surface area contributed by atoms with E-state index in [0.29, 0.717) is 5.76 Å². The fourth-order valence-electron chi connectivity index (χ4n) is 1.70. The number of aromatic nitrogens is 1. The van der Waals surface area contributed by atoms with Crippen molar-refractivity contribution >= 4 is 5.97 Å². The summed E-state index contributed by atoms with van der Waals surface area (Å²) in [5.74, 6) is 0.659. The zero-order valence-corrected chi connectivity index (χ0v) is 9.23. The van der Waals surface area contributed by atoms with Crippen molar-refractivity contribution in [2.24, 2.45) is 0 Å². The Labute approximate surface area is 93.1 Å². The summed E-state index contributed by atoms with van der Waals surface area (Å²) in [6.45, 7) is 3.69. The molecule has 2 rings (SSSR count). The number of carboxylic acids is 1. The maximum absolute atomic E-state index is 10.8. The van der Waals surface area contributed by atoms with E-state index in [1.807, 2.05) is 38.1 Å². The molecule has 4 nitrogen and oxygen atoms in total. The monoisotopic (exact) mass is 219 g/mol. The summed E-state index contributed by atoms with van der Waals surface area (Å²) in [5.41, 5.74) is 1.71. The molecule has 0 unspecified atom stereocenters. The van der Waals surface area contributed by atoms with Crippen molar-refractivity contribution in [2.75, 3.05) is 0 Å². The Kier molecular flexibility index (Phi) is 2.56. The molecule has 2 heterocycles. The average molecular weight is 219 g/mol. The molecule has 1 N–H and O–H groups in total. The molecular weight excluding hydrogens is 206 g/mol. The smallest absolute Gasteiger partial charge is 0.323 e. The van der Waals surface area contributed by atoms with Crippen molar-refractivity contribution in [3.8, 4) is 11.5 Å². The van der Waals surface area contributed by atoms with E-state index in [4.69, 9.17) is 9.52 Å². The number of aryl methyl sites for hydroxylation is 2. The molecule has 16 heavy (non-hydrogen) atoms. The Bertz CT molecular complexity index is 522. The molecule has 0 bridgehead atoms. The second-order valence-electron chi connectivity index (χ2n) is 3.75. The van der Waals surface area contributed by atoms with Gasteiger partial charge in [-0.1, -0.05) is 0 Å². The lowest BCUT2D eigenvalue weighted by molar-refractivity contribution is -0.137. The summed E-state index contributed by atoms with van der Waals surface area (Å²) in [5, 5.41) is 8.83. The van der Waals surface area contributed by atoms with Gasteiger partial charge in [0.05, 0.1) is 5.69 Å². The van der Waals surface area contributed by atoms with Crippen LogP contribution in [-0.4, -0.2) is 15.6 Å². The first-order valence-corrected chi connectivity index (χ1v) is 5.02. The van der Waals surface area contributed by atoms with Gasteiger partial charge in [-0.2, -0.15) is 0 Å². The Hall–Kier alpha value is -1.97. The molecule has 2 aromatic rings. The zero-order chi connectivity index (χ0) is 11.7. The third kappa shape index (κ3) is 1.86. The number of rotatable bonds is 3. The topological polar surface area (TPSA) is 55.4 Å². The van der Waals surface area contributed by atoms with Gasteiger partial charge >= 0.3 is 5.97 Å². The van der Waals surface area contributed by atoms with Crippen molar-refractivity contribution < 1.29 is 14.3 Å². The summed E-state index contributed by atoms with van der Waals surface area (Å²) in [6, 6.07) is 7.47. The van der Waals surface area contributed by atoms with Crippen molar-refractivity contribution in [2.45, 2.75) is 20.4 Å². The number of nitrogens with zero attached hydrogens (tertiary/aromatic N) is 1. The number of aliphatic carboxylic acids is 1. The highest BCUT2D eigenvalue weighted by molar-refractivity contribution is 5.68. The molecule has 0 aliphatic carbocycles. The first kappa shape index (κ1) is 10.5. The van der Waals surface area contributed by atoms with Crippen LogP contribution < -0.4 is 0 Å². The Morgan fingerprint density at radius 3 is 2.62 bits per heavy atom. The van der Waals surface area contributed by atoms with Crippen LogP contribution in [0.2, 0.25) is 0 Å². The molecular formula is C12H13NO3. The third-order valence-electron chi connectivity index (χ3n) is 2.49. The predicted octanol–water partition coefficient (Wildman–Crippen LogP) is 2.45. The average Bonchev–Trinajstić information content (AvgIpc) is 2.75. The molecule has 0 fully saturated rings. The van der Waals surface area contributed by atoms with Gasteiger partial charge in [0.15, 0.2) is 5.76 Å². The molecule has 0 atom stereocenters. The van der Waals surface area contributed by atoms with Crippen LogP contribution in [0.3, 0.4) is 0 Å². The van der Waals surface area contributed by atoms with Crippen LogP contribution in [0.4, 0.5) is 0 Å². The van der Waals surface area contributed by atoms with Crippen LogP contribution >= 0.6 is 0 Å². The van der Waals surface area contributed by atoms with Crippen molar-refractivity contribution in [1.82, 2.24) is 4.57 Å². The van der Waals surface area contributed by atoms with Crippen LogP contribution in [0, 0.1) is 13.8 Å². The van der Waals surface area contributed by atoms with Gasteiger partial charge in [-0.05, 0) is 38.1 Å². The first-order chi connectivity index (χ1) is 7.58. The number of hydrogen-bond donors (Lipinski definition) is 1. The van der Waals surface area contributed by atoms with Gasteiger partial charge in [0.2, 0.25) is 0 Å². The van der Waals surface area contributed by atoms with E-state index in [9.17, 15) is 4.79 Å². The van der Waals surface area contributed by atoms with E-state index in [1.165, 1.54) is 0 Å². The van der Waals surface area contributed by atoms with Gasteiger partial charge in [-0.3, -0.25) is 4.79 Å². The van der Waals surface area contributed by atoms with Crippen molar-refractivity contribution in [3.63, 3.8) is 0 Å². The SMILES string of the molecule is Cc1ccc(-c2ccc(C)n2CC(=O)O)o1. The molecule has 0 spiro atoms. The summed E-state index contributed by atoms with van der Waals surface area (Å²) < 4.78 is 7.21. The van der Waals surface area contributed by atoms with E-state index < -0.39 is 5.97 Å². The summed E-state index contributed by atoms with van der Waals surface area (Å²) in [7, 11) is 0. The number of hydrogen-bond acceptors (Lipinski definition) is 2. The lowest BCUT2D eigenvalue weighted by Crippen LogP contribution is -2.10. The lowest BCUT2D eigenvalue weighted by Gasteiger charge is -2.06. The number of furan rings is 1. The number of carbonyl (C=O) groups is 1. The molecule has 4 heteroatoms. The second-order valence-corrected chi connectivity index (χ2v) is 3.75. The minimum Gasteiger partial charge on any atom is -0.480 e. The zero-order valence-electron chi connectivity index (χ0n) is 9.23. The first-order valence-electron chi connectivity index (χ1n) is 5.02. The molecule has 84 valence electrons. The number of carboxylic acid groups (broad SMARTS) is 1. The van der Waals surface area contributed by atoms with Gasteiger partial charge in [-0.25, -0.2) is 0 Å². The van der Waals surface area contributed by atoms with Crippen molar-refractivity contribution in [1.29, 1.82) is 0 Å². The summed E-state index contributed by atoms with van der Waals surface area (Å²) >= 11 is 0. The second kappa shape index (κ2) is 3.89. The predicted molar refractivity (Wildman–Crippen MR) is 59.2 cm³/mol. The lowest BCUT2D eigenvalue weighted by atomic mass is 10.3. The maximum atomic E-state index is 10.8. The van der Waals surface area contributed by atoms with E-state index in [1.54, 1.807) is 4.57 Å². The highest BCUT2D eigenvalue weighted by Gasteiger charge is 2.12. The molecule has 0 aromatic carbocycles. The van der Waals surface area contributed by atoms with Crippen LogP contribution in [0.1, 0.15) is 11.5 Å². The van der Waals surface area contributed by atoms with Crippen LogP contribution in [-0.2, 0) is 11.3 Å². The van der Waals surface area contributed by atoms with E-state index in [-0.39, 0.29) is 6.54 Å². The summed E-state index contributed by atoms with van der Waals surface area (Å²) in [4.78, 5) is 10.8. The maximum Gasteiger partial charge on any atom is 0.323 e. The molecule has 0 aliphatic rings. The van der Waals surface area contributed by atoms with E-state index >= 15 is 0 Å².